The molecule has 2 amide bonds. The summed E-state index contributed by atoms with van der Waals surface area (Å²) >= 11 is 1.44. The molecule has 1 saturated heterocycles. The molecule has 10 heteroatoms. The van der Waals surface area contributed by atoms with E-state index in [9.17, 15) is 9.59 Å². The lowest BCUT2D eigenvalue weighted by molar-refractivity contribution is -0.136. The summed E-state index contributed by atoms with van der Waals surface area (Å²) in [5.41, 5.74) is 2.31. The molecule has 0 aliphatic carbocycles. The predicted octanol–water partition coefficient (Wildman–Crippen LogP) is 4.77. The van der Waals surface area contributed by atoms with Gasteiger partial charge in [0, 0.05) is 36.7 Å². The number of nitrogens with zero attached hydrogens (tertiary/aromatic N) is 7. The fraction of sp³-hybridized carbons (Fsp3) is 0.769. The summed E-state index contributed by atoms with van der Waals surface area (Å²) in [5, 5.41) is 16.4. The molecule has 2 aromatic rings. The van der Waals surface area contributed by atoms with Crippen LogP contribution in [0.3, 0.4) is 0 Å². The van der Waals surface area contributed by atoms with Gasteiger partial charge in [-0.3, -0.25) is 14.5 Å². The third-order valence-electron chi connectivity index (χ3n) is 5.52. The second-order valence-corrected chi connectivity index (χ2v) is 14.2. The number of amides is 2. The summed E-state index contributed by atoms with van der Waals surface area (Å²) in [6.07, 6.45) is 6.27. The SMILES string of the molecule is CC(C)(C)c1cn(C(C)(C)C)nn1.CC(C)(C)c1cn(C(C)(C)C)nn1.CSC1CC(=O)N(C)C1=O. The Kier molecular flexibility index (Phi) is 10.1. The van der Waals surface area contributed by atoms with Crippen LogP contribution in [-0.2, 0) is 31.5 Å². The number of hydrogen-bond donors (Lipinski definition) is 0. The van der Waals surface area contributed by atoms with Gasteiger partial charge in [0.25, 0.3) is 0 Å². The van der Waals surface area contributed by atoms with Crippen molar-refractivity contribution in [2.24, 2.45) is 0 Å². The van der Waals surface area contributed by atoms with E-state index in [1.807, 2.05) is 28.0 Å². The average Bonchev–Trinajstić information content (AvgIpc) is 3.44. The maximum absolute atomic E-state index is 11.0. The monoisotopic (exact) mass is 521 g/mol. The van der Waals surface area contributed by atoms with Crippen LogP contribution in [0.2, 0.25) is 0 Å². The van der Waals surface area contributed by atoms with E-state index in [-0.39, 0.29) is 39.0 Å². The van der Waals surface area contributed by atoms with Crippen molar-refractivity contribution < 1.29 is 9.59 Å². The van der Waals surface area contributed by atoms with Gasteiger partial charge in [-0.25, -0.2) is 9.36 Å². The van der Waals surface area contributed by atoms with Crippen molar-refractivity contribution in [3.63, 3.8) is 0 Å². The molecule has 3 rings (SSSR count). The smallest absolute Gasteiger partial charge is 0.242 e. The van der Waals surface area contributed by atoms with Crippen LogP contribution in [0.5, 0.6) is 0 Å². The van der Waals surface area contributed by atoms with Gasteiger partial charge in [0.1, 0.15) is 0 Å². The van der Waals surface area contributed by atoms with Crippen molar-refractivity contribution in [2.45, 2.75) is 117 Å². The molecule has 1 fully saturated rings. The second kappa shape index (κ2) is 11.4. The molecule has 204 valence electrons. The summed E-state index contributed by atoms with van der Waals surface area (Å²) in [6, 6.07) is 0. The average molecular weight is 522 g/mol. The maximum Gasteiger partial charge on any atom is 0.242 e. The quantitative estimate of drug-likeness (QED) is 0.499. The largest absolute Gasteiger partial charge is 0.285 e. The Labute approximate surface area is 221 Å². The number of hydrogen-bond acceptors (Lipinski definition) is 7. The minimum Gasteiger partial charge on any atom is -0.285 e. The maximum atomic E-state index is 11.0. The first-order chi connectivity index (χ1) is 16.1. The summed E-state index contributed by atoms with van der Waals surface area (Å²) in [7, 11) is 1.53. The van der Waals surface area contributed by atoms with Crippen LogP contribution < -0.4 is 0 Å². The Balaban J connectivity index is 0.000000273. The topological polar surface area (TPSA) is 98.8 Å². The molecule has 1 atom stereocenters. The van der Waals surface area contributed by atoms with Crippen LogP contribution in [0.15, 0.2) is 12.4 Å². The third kappa shape index (κ3) is 9.01. The van der Waals surface area contributed by atoms with E-state index in [4.69, 9.17) is 0 Å². The molecule has 36 heavy (non-hydrogen) atoms. The van der Waals surface area contributed by atoms with Gasteiger partial charge in [0.15, 0.2) is 0 Å². The van der Waals surface area contributed by atoms with Crippen LogP contribution in [0, 0.1) is 0 Å². The Morgan fingerprint density at radius 2 is 1.11 bits per heavy atom. The zero-order valence-electron chi connectivity index (χ0n) is 24.8. The molecule has 2 aromatic heterocycles. The number of imide groups is 1. The Morgan fingerprint density at radius 1 is 0.750 bits per heavy atom. The highest BCUT2D eigenvalue weighted by molar-refractivity contribution is 8.00. The Morgan fingerprint density at radius 3 is 1.25 bits per heavy atom. The van der Waals surface area contributed by atoms with E-state index in [1.165, 1.54) is 23.7 Å². The lowest BCUT2D eigenvalue weighted by atomic mass is 9.93. The summed E-state index contributed by atoms with van der Waals surface area (Å²) < 4.78 is 3.82. The number of aromatic nitrogens is 6. The molecule has 1 aliphatic rings. The molecule has 3 heterocycles. The van der Waals surface area contributed by atoms with E-state index in [0.29, 0.717) is 6.42 Å². The van der Waals surface area contributed by atoms with Crippen molar-refractivity contribution in [3.8, 4) is 0 Å². The molecule has 1 aliphatic heterocycles. The fourth-order valence-corrected chi connectivity index (χ4v) is 3.45. The predicted molar refractivity (Wildman–Crippen MR) is 147 cm³/mol. The molecule has 0 spiro atoms. The van der Waals surface area contributed by atoms with Crippen LogP contribution >= 0.6 is 11.8 Å². The van der Waals surface area contributed by atoms with Crippen LogP contribution in [-0.4, -0.2) is 65.3 Å². The zero-order chi connectivity index (χ0) is 28.3. The molecule has 0 bridgehead atoms. The molecular formula is C26H47N7O2S. The first-order valence-electron chi connectivity index (χ1n) is 12.3. The standard InChI is InChI=1S/2C10H19N3.C6H9NO2S/c2*1-9(2,3)8-7-13(12-11-8)10(4,5)6;1-7-5(8)3-4(10-2)6(7)9/h2*7H,1-6H3;4H,3H2,1-2H3. The minimum atomic E-state index is -0.127. The second-order valence-electron chi connectivity index (χ2n) is 13.2. The van der Waals surface area contributed by atoms with E-state index < -0.39 is 0 Å². The number of likely N-dealkylation sites (tertiary alicyclic amines) is 1. The van der Waals surface area contributed by atoms with Gasteiger partial charge in [0.05, 0.1) is 27.7 Å². The first kappa shape index (κ1) is 31.8. The van der Waals surface area contributed by atoms with E-state index in [1.54, 1.807) is 0 Å². The summed E-state index contributed by atoms with van der Waals surface area (Å²) in [6.45, 7) is 25.6. The number of thioether (sulfide) groups is 1. The van der Waals surface area contributed by atoms with Crippen LogP contribution in [0.4, 0.5) is 0 Å². The lowest BCUT2D eigenvalue weighted by Crippen LogP contribution is -2.26. The van der Waals surface area contributed by atoms with E-state index in [2.05, 4.69) is 104 Å². The molecule has 9 nitrogen and oxygen atoms in total. The molecule has 0 aromatic carbocycles. The molecule has 1 unspecified atom stereocenters. The molecule has 0 radical (unpaired) electrons. The first-order valence-corrected chi connectivity index (χ1v) is 13.6. The van der Waals surface area contributed by atoms with Crippen LogP contribution in [0.25, 0.3) is 0 Å². The molecule has 0 saturated carbocycles. The Bertz CT molecular complexity index is 895. The molecular weight excluding hydrogens is 474 g/mol. The number of rotatable bonds is 1. The van der Waals surface area contributed by atoms with Gasteiger partial charge in [-0.1, -0.05) is 52.0 Å². The third-order valence-corrected chi connectivity index (χ3v) is 6.46. The highest BCUT2D eigenvalue weighted by atomic mass is 32.2. The number of carbonyl (C=O) groups excluding carboxylic acids is 2. The van der Waals surface area contributed by atoms with Crippen LogP contribution in [0.1, 0.15) is 101 Å². The molecule has 0 N–H and O–H groups in total. The Hall–Kier alpha value is -2.23. The normalized spacial score (nSPS) is 16.9. The van der Waals surface area contributed by atoms with E-state index in [0.717, 1.165) is 11.4 Å². The fourth-order valence-electron chi connectivity index (χ4n) is 2.78. The van der Waals surface area contributed by atoms with Gasteiger partial charge in [-0.2, -0.15) is 11.8 Å². The summed E-state index contributed by atoms with van der Waals surface area (Å²) in [5.74, 6) is -0.123. The highest BCUT2D eigenvalue weighted by Gasteiger charge is 2.35. The van der Waals surface area contributed by atoms with E-state index >= 15 is 0 Å². The lowest BCUT2D eigenvalue weighted by Gasteiger charge is -2.18. The highest BCUT2D eigenvalue weighted by Crippen LogP contribution is 2.23. The summed E-state index contributed by atoms with van der Waals surface area (Å²) in [4.78, 5) is 23.1. The van der Waals surface area contributed by atoms with Gasteiger partial charge in [-0.05, 0) is 47.8 Å². The zero-order valence-corrected chi connectivity index (χ0v) is 25.6. The van der Waals surface area contributed by atoms with Crippen molar-refractivity contribution in [3.05, 3.63) is 23.8 Å². The van der Waals surface area contributed by atoms with Crippen molar-refractivity contribution in [1.29, 1.82) is 0 Å². The van der Waals surface area contributed by atoms with Gasteiger partial charge in [-0.15, -0.1) is 10.2 Å². The minimum absolute atomic E-state index is 0.0243. The van der Waals surface area contributed by atoms with Crippen molar-refractivity contribution >= 4 is 23.6 Å². The number of carbonyl (C=O) groups is 2. The van der Waals surface area contributed by atoms with Gasteiger partial charge >= 0.3 is 0 Å². The van der Waals surface area contributed by atoms with Crippen molar-refractivity contribution in [1.82, 2.24) is 34.9 Å². The van der Waals surface area contributed by atoms with Gasteiger partial charge in [0.2, 0.25) is 11.8 Å². The van der Waals surface area contributed by atoms with Gasteiger partial charge < -0.3 is 0 Å². The van der Waals surface area contributed by atoms with Crippen molar-refractivity contribution in [2.75, 3.05) is 13.3 Å².